The highest BCUT2D eigenvalue weighted by Gasteiger charge is 2.13. The lowest BCUT2D eigenvalue weighted by Gasteiger charge is -2.14. The number of benzene rings is 2. The molecule has 2 aromatic rings. The van der Waals surface area contributed by atoms with E-state index < -0.39 is 0 Å². The first-order chi connectivity index (χ1) is 12.1. The molecule has 25 heavy (non-hydrogen) atoms. The van der Waals surface area contributed by atoms with Crippen molar-refractivity contribution in [1.29, 1.82) is 0 Å². The normalized spacial score (nSPS) is 12.3. The molecule has 3 N–H and O–H groups in total. The van der Waals surface area contributed by atoms with Gasteiger partial charge in [-0.05, 0) is 35.5 Å². The zero-order valence-electron chi connectivity index (χ0n) is 14.6. The zero-order chi connectivity index (χ0) is 17.6. The Labute approximate surface area is 153 Å². The minimum atomic E-state index is 0.292. The van der Waals surface area contributed by atoms with E-state index in [1.165, 1.54) is 16.0 Å². The maximum Gasteiger partial charge on any atom is 0.231 e. The van der Waals surface area contributed by atoms with Gasteiger partial charge in [-0.25, -0.2) is 0 Å². The van der Waals surface area contributed by atoms with Crippen LogP contribution in [-0.4, -0.2) is 26.0 Å². The molecule has 0 fully saturated rings. The van der Waals surface area contributed by atoms with Crippen molar-refractivity contribution in [3.05, 3.63) is 59.2 Å². The van der Waals surface area contributed by atoms with Gasteiger partial charge < -0.3 is 25.0 Å². The van der Waals surface area contributed by atoms with E-state index in [1.54, 1.807) is 0 Å². The van der Waals surface area contributed by atoms with Crippen molar-refractivity contribution in [3.63, 3.8) is 0 Å². The molecule has 132 valence electrons. The Morgan fingerprint density at radius 3 is 2.52 bits per heavy atom. The first-order valence-electron chi connectivity index (χ1n) is 8.38. The molecule has 5 nitrogen and oxygen atoms in total. The van der Waals surface area contributed by atoms with Gasteiger partial charge in [0.2, 0.25) is 6.79 Å². The summed E-state index contributed by atoms with van der Waals surface area (Å²) in [5.74, 6) is 1.59. The molecule has 0 atom stereocenters. The molecule has 1 aliphatic rings. The van der Waals surface area contributed by atoms with E-state index in [2.05, 4.69) is 49.0 Å². The summed E-state index contributed by atoms with van der Waals surface area (Å²) >= 11 is 5.40. The molecular weight excluding hydrogens is 334 g/mol. The predicted molar refractivity (Wildman–Crippen MR) is 102 cm³/mol. The van der Waals surface area contributed by atoms with Crippen molar-refractivity contribution >= 4 is 17.3 Å². The minimum Gasteiger partial charge on any atom is -0.454 e. The van der Waals surface area contributed by atoms with Crippen LogP contribution >= 0.6 is 12.2 Å². The van der Waals surface area contributed by atoms with Gasteiger partial charge in [0.05, 0.1) is 14.1 Å². The third kappa shape index (κ3) is 4.84. The first-order valence-corrected chi connectivity index (χ1v) is 8.78. The minimum absolute atomic E-state index is 0.292. The van der Waals surface area contributed by atoms with Gasteiger partial charge in [0, 0.05) is 18.7 Å². The molecule has 2 aromatic carbocycles. The van der Waals surface area contributed by atoms with Crippen LogP contribution in [0.5, 0.6) is 11.5 Å². The highest BCUT2D eigenvalue weighted by molar-refractivity contribution is 7.80. The number of thiocarbonyl (C=S) groups is 1. The fraction of sp³-hybridized carbons (Fsp3) is 0.316. The standard InChI is InChI=1S/C19H23N3O2S/c1-22(2)12-16-6-4-3-5-15(16)11-21-19(25)20-10-14-7-8-17-18(9-14)24-13-23-17/h3-9H,10-13H2,1-2H3,(H2,20,21,25)/p+1. The number of ether oxygens (including phenoxy) is 2. The third-order valence-electron chi connectivity index (χ3n) is 3.99. The fourth-order valence-corrected chi connectivity index (χ4v) is 2.90. The molecule has 6 heteroatoms. The van der Waals surface area contributed by atoms with E-state index in [1.807, 2.05) is 18.2 Å². The van der Waals surface area contributed by atoms with Crippen molar-refractivity contribution in [2.45, 2.75) is 19.6 Å². The summed E-state index contributed by atoms with van der Waals surface area (Å²) in [7, 11) is 4.31. The van der Waals surface area contributed by atoms with E-state index in [9.17, 15) is 0 Å². The molecule has 0 radical (unpaired) electrons. The van der Waals surface area contributed by atoms with E-state index in [4.69, 9.17) is 21.7 Å². The van der Waals surface area contributed by atoms with Gasteiger partial charge in [-0.15, -0.1) is 0 Å². The maximum absolute atomic E-state index is 5.40. The largest absolute Gasteiger partial charge is 0.454 e. The first kappa shape index (κ1) is 17.5. The topological polar surface area (TPSA) is 47.0 Å². The Kier molecular flexibility index (Phi) is 5.73. The molecule has 0 bridgehead atoms. The number of hydrogen-bond acceptors (Lipinski definition) is 3. The van der Waals surface area contributed by atoms with Gasteiger partial charge in [-0.2, -0.15) is 0 Å². The summed E-state index contributed by atoms with van der Waals surface area (Å²) in [5.41, 5.74) is 3.72. The summed E-state index contributed by atoms with van der Waals surface area (Å²) in [5, 5.41) is 7.17. The molecule has 0 aliphatic carbocycles. The second-order valence-corrected chi connectivity index (χ2v) is 6.78. The Hall–Kier alpha value is -2.31. The van der Waals surface area contributed by atoms with Crippen LogP contribution in [0.3, 0.4) is 0 Å². The third-order valence-corrected chi connectivity index (χ3v) is 4.28. The summed E-state index contributed by atoms with van der Waals surface area (Å²) in [6.45, 7) is 2.65. The zero-order valence-corrected chi connectivity index (χ0v) is 15.4. The van der Waals surface area contributed by atoms with Crippen LogP contribution in [0, 0.1) is 0 Å². The quantitative estimate of drug-likeness (QED) is 0.678. The van der Waals surface area contributed by atoms with Crippen LogP contribution in [0.2, 0.25) is 0 Å². The fourth-order valence-electron chi connectivity index (χ4n) is 2.75. The molecule has 1 heterocycles. The van der Waals surface area contributed by atoms with Gasteiger partial charge in [0.1, 0.15) is 6.54 Å². The summed E-state index contributed by atoms with van der Waals surface area (Å²) in [4.78, 5) is 1.40. The van der Waals surface area contributed by atoms with Crippen LogP contribution in [-0.2, 0) is 19.6 Å². The average Bonchev–Trinajstić information content (AvgIpc) is 3.06. The van der Waals surface area contributed by atoms with Crippen molar-refractivity contribution in [1.82, 2.24) is 10.6 Å². The van der Waals surface area contributed by atoms with Gasteiger partial charge in [0.25, 0.3) is 0 Å². The monoisotopic (exact) mass is 358 g/mol. The number of hydrogen-bond donors (Lipinski definition) is 3. The number of fused-ring (bicyclic) bond motifs is 1. The predicted octanol–water partition coefficient (Wildman–Crippen LogP) is 1.22. The lowest BCUT2D eigenvalue weighted by Crippen LogP contribution is -3.04. The van der Waals surface area contributed by atoms with Gasteiger partial charge in [-0.3, -0.25) is 0 Å². The second kappa shape index (κ2) is 8.18. The van der Waals surface area contributed by atoms with Crippen molar-refractivity contribution < 1.29 is 14.4 Å². The van der Waals surface area contributed by atoms with Crippen LogP contribution in [0.25, 0.3) is 0 Å². The molecule has 0 spiro atoms. The number of quaternary nitrogens is 1. The molecule has 0 unspecified atom stereocenters. The average molecular weight is 358 g/mol. The van der Waals surface area contributed by atoms with E-state index >= 15 is 0 Å². The van der Waals surface area contributed by atoms with E-state index in [-0.39, 0.29) is 0 Å². The van der Waals surface area contributed by atoms with E-state index in [0.29, 0.717) is 18.5 Å². The maximum atomic E-state index is 5.40. The second-order valence-electron chi connectivity index (χ2n) is 6.38. The Morgan fingerprint density at radius 1 is 1.00 bits per heavy atom. The molecule has 3 rings (SSSR count). The molecule has 0 aromatic heterocycles. The molecule has 0 saturated heterocycles. The van der Waals surface area contributed by atoms with Crippen LogP contribution in [0.4, 0.5) is 0 Å². The van der Waals surface area contributed by atoms with Gasteiger partial charge in [-0.1, -0.05) is 30.3 Å². The Bertz CT molecular complexity index is 749. The summed E-state index contributed by atoms with van der Waals surface area (Å²) < 4.78 is 10.7. The highest BCUT2D eigenvalue weighted by atomic mass is 32.1. The molecule has 0 saturated carbocycles. The van der Waals surface area contributed by atoms with Gasteiger partial charge >= 0.3 is 0 Å². The molecule has 1 aliphatic heterocycles. The van der Waals surface area contributed by atoms with Crippen LogP contribution in [0.15, 0.2) is 42.5 Å². The van der Waals surface area contributed by atoms with Crippen molar-refractivity contribution in [2.75, 3.05) is 20.9 Å². The smallest absolute Gasteiger partial charge is 0.231 e. The Balaban J connectivity index is 1.50. The van der Waals surface area contributed by atoms with Crippen molar-refractivity contribution in [3.8, 4) is 11.5 Å². The lowest BCUT2D eigenvalue weighted by molar-refractivity contribution is -0.872. The van der Waals surface area contributed by atoms with Gasteiger partial charge in [0.15, 0.2) is 16.6 Å². The van der Waals surface area contributed by atoms with Crippen LogP contribution < -0.4 is 25.0 Å². The lowest BCUT2D eigenvalue weighted by atomic mass is 10.1. The highest BCUT2D eigenvalue weighted by Crippen LogP contribution is 2.32. The summed E-state index contributed by atoms with van der Waals surface area (Å²) in [6, 6.07) is 14.4. The van der Waals surface area contributed by atoms with E-state index in [0.717, 1.165) is 30.2 Å². The summed E-state index contributed by atoms with van der Waals surface area (Å²) in [6.07, 6.45) is 0. The Morgan fingerprint density at radius 2 is 1.72 bits per heavy atom. The molecule has 0 amide bonds. The SMILES string of the molecule is C[NH+](C)Cc1ccccc1CNC(=S)NCc1ccc2c(c1)OCO2. The van der Waals surface area contributed by atoms with Crippen molar-refractivity contribution in [2.24, 2.45) is 0 Å². The number of rotatable bonds is 6. The van der Waals surface area contributed by atoms with Crippen LogP contribution in [0.1, 0.15) is 16.7 Å². The number of nitrogens with one attached hydrogen (secondary N) is 3. The molecular formula is C19H24N3O2S+.